The van der Waals surface area contributed by atoms with Gasteiger partial charge in [0.05, 0.1) is 0 Å². The molecule has 0 aliphatic rings. The molecule has 0 amide bonds. The highest BCUT2D eigenvalue weighted by Crippen LogP contribution is 2.27. The van der Waals surface area contributed by atoms with Gasteiger partial charge in [0.1, 0.15) is 5.82 Å². The molecule has 0 fully saturated rings. The molecule has 2 N–H and O–H groups in total. The van der Waals surface area contributed by atoms with Crippen LogP contribution in [-0.2, 0) is 0 Å². The standard InChI is InChI=1S/C12H9ClFN/c13-9-3-1-8(2-4-9)11-7-10(14)5-6-12(11)15/h1-7H,15H2. The number of rotatable bonds is 1. The number of benzene rings is 2. The maximum atomic E-state index is 13.0. The molecule has 76 valence electrons. The van der Waals surface area contributed by atoms with Crippen LogP contribution in [0.5, 0.6) is 0 Å². The number of anilines is 1. The Balaban J connectivity index is 2.53. The van der Waals surface area contributed by atoms with E-state index in [-0.39, 0.29) is 5.82 Å². The van der Waals surface area contributed by atoms with Crippen molar-refractivity contribution in [3.63, 3.8) is 0 Å². The third-order valence-corrected chi connectivity index (χ3v) is 2.42. The van der Waals surface area contributed by atoms with Crippen molar-refractivity contribution in [2.45, 2.75) is 0 Å². The fourth-order valence-corrected chi connectivity index (χ4v) is 1.53. The largest absolute Gasteiger partial charge is 0.398 e. The van der Waals surface area contributed by atoms with Crippen LogP contribution in [0.3, 0.4) is 0 Å². The van der Waals surface area contributed by atoms with Gasteiger partial charge >= 0.3 is 0 Å². The quantitative estimate of drug-likeness (QED) is 0.730. The van der Waals surface area contributed by atoms with Crippen LogP contribution in [0.25, 0.3) is 11.1 Å². The van der Waals surface area contributed by atoms with Gasteiger partial charge in [-0.05, 0) is 35.9 Å². The van der Waals surface area contributed by atoms with E-state index in [4.69, 9.17) is 17.3 Å². The third-order valence-electron chi connectivity index (χ3n) is 2.17. The van der Waals surface area contributed by atoms with Gasteiger partial charge < -0.3 is 5.73 Å². The normalized spacial score (nSPS) is 10.3. The summed E-state index contributed by atoms with van der Waals surface area (Å²) in [5.74, 6) is -0.297. The number of halogens is 2. The molecule has 15 heavy (non-hydrogen) atoms. The van der Waals surface area contributed by atoms with Crippen LogP contribution in [0.15, 0.2) is 42.5 Å². The van der Waals surface area contributed by atoms with Crippen LogP contribution in [0.4, 0.5) is 10.1 Å². The molecule has 3 heteroatoms. The molecular formula is C12H9ClFN. The summed E-state index contributed by atoms with van der Waals surface area (Å²) in [5.41, 5.74) is 7.86. The van der Waals surface area contributed by atoms with Crippen LogP contribution in [-0.4, -0.2) is 0 Å². The summed E-state index contributed by atoms with van der Waals surface area (Å²) in [6.07, 6.45) is 0. The molecule has 0 bridgehead atoms. The van der Waals surface area contributed by atoms with Crippen LogP contribution < -0.4 is 5.73 Å². The van der Waals surface area contributed by atoms with Gasteiger partial charge in [0.25, 0.3) is 0 Å². The molecule has 2 aromatic rings. The van der Waals surface area contributed by atoms with Crippen molar-refractivity contribution >= 4 is 17.3 Å². The first-order chi connectivity index (χ1) is 7.16. The van der Waals surface area contributed by atoms with Crippen LogP contribution in [0, 0.1) is 5.82 Å². The summed E-state index contributed by atoms with van der Waals surface area (Å²) >= 11 is 5.76. The summed E-state index contributed by atoms with van der Waals surface area (Å²) in [6.45, 7) is 0. The zero-order valence-electron chi connectivity index (χ0n) is 7.87. The van der Waals surface area contributed by atoms with E-state index >= 15 is 0 Å². The predicted molar refractivity (Wildman–Crippen MR) is 61.3 cm³/mol. The molecule has 0 saturated heterocycles. The SMILES string of the molecule is Nc1ccc(F)cc1-c1ccc(Cl)cc1. The van der Waals surface area contributed by atoms with Crippen LogP contribution in [0.1, 0.15) is 0 Å². The smallest absolute Gasteiger partial charge is 0.123 e. The lowest BCUT2D eigenvalue weighted by Gasteiger charge is -2.05. The third kappa shape index (κ3) is 2.10. The molecule has 0 saturated carbocycles. The molecular weight excluding hydrogens is 213 g/mol. The molecule has 0 heterocycles. The van der Waals surface area contributed by atoms with Gasteiger partial charge in [-0.3, -0.25) is 0 Å². The monoisotopic (exact) mass is 221 g/mol. The molecule has 0 aromatic heterocycles. The Morgan fingerprint density at radius 3 is 2.33 bits per heavy atom. The van der Waals surface area contributed by atoms with Gasteiger partial charge in [-0.15, -0.1) is 0 Å². The predicted octanol–water partition coefficient (Wildman–Crippen LogP) is 3.73. The maximum Gasteiger partial charge on any atom is 0.123 e. The summed E-state index contributed by atoms with van der Waals surface area (Å²) in [7, 11) is 0. The van der Waals surface area contributed by atoms with Crippen molar-refractivity contribution in [1.29, 1.82) is 0 Å². The number of hydrogen-bond acceptors (Lipinski definition) is 1. The summed E-state index contributed by atoms with van der Waals surface area (Å²) in [4.78, 5) is 0. The van der Waals surface area contributed by atoms with Gasteiger partial charge in [0.15, 0.2) is 0 Å². The van der Waals surface area contributed by atoms with Gasteiger partial charge in [-0.1, -0.05) is 23.7 Å². The van der Waals surface area contributed by atoms with Crippen molar-refractivity contribution in [1.82, 2.24) is 0 Å². The average molecular weight is 222 g/mol. The highest BCUT2D eigenvalue weighted by molar-refractivity contribution is 6.30. The Kier molecular flexibility index (Phi) is 2.60. The van der Waals surface area contributed by atoms with Crippen molar-refractivity contribution in [3.8, 4) is 11.1 Å². The van der Waals surface area contributed by atoms with Gasteiger partial charge in [-0.25, -0.2) is 4.39 Å². The first-order valence-corrected chi connectivity index (χ1v) is 4.85. The fourth-order valence-electron chi connectivity index (χ4n) is 1.41. The molecule has 0 atom stereocenters. The topological polar surface area (TPSA) is 26.0 Å². The Hall–Kier alpha value is -1.54. The number of hydrogen-bond donors (Lipinski definition) is 1. The molecule has 0 spiro atoms. The zero-order chi connectivity index (χ0) is 10.8. The molecule has 2 rings (SSSR count). The fraction of sp³-hybridized carbons (Fsp3) is 0. The lowest BCUT2D eigenvalue weighted by molar-refractivity contribution is 0.628. The van der Waals surface area contributed by atoms with Gasteiger partial charge in [0, 0.05) is 16.3 Å². The minimum absolute atomic E-state index is 0.297. The van der Waals surface area contributed by atoms with E-state index < -0.39 is 0 Å². The summed E-state index contributed by atoms with van der Waals surface area (Å²) in [5, 5.41) is 0.647. The van der Waals surface area contributed by atoms with E-state index in [1.807, 2.05) is 12.1 Å². The van der Waals surface area contributed by atoms with E-state index in [1.54, 1.807) is 18.2 Å². The molecule has 1 nitrogen and oxygen atoms in total. The highest BCUT2D eigenvalue weighted by Gasteiger charge is 2.03. The second kappa shape index (κ2) is 3.91. The van der Waals surface area contributed by atoms with Crippen molar-refractivity contribution in [3.05, 3.63) is 53.3 Å². The molecule has 0 unspecified atom stereocenters. The van der Waals surface area contributed by atoms with E-state index in [1.165, 1.54) is 12.1 Å². The Morgan fingerprint density at radius 2 is 1.67 bits per heavy atom. The highest BCUT2D eigenvalue weighted by atomic mass is 35.5. The minimum Gasteiger partial charge on any atom is -0.398 e. The first kappa shape index (κ1) is 9.99. The van der Waals surface area contributed by atoms with Gasteiger partial charge in [-0.2, -0.15) is 0 Å². The van der Waals surface area contributed by atoms with E-state index in [0.717, 1.165) is 5.56 Å². The second-order valence-electron chi connectivity index (χ2n) is 3.24. The number of nitrogens with two attached hydrogens (primary N) is 1. The summed E-state index contributed by atoms with van der Waals surface area (Å²) in [6, 6.07) is 11.4. The Bertz CT molecular complexity index is 479. The molecule has 0 aliphatic carbocycles. The molecule has 2 aromatic carbocycles. The van der Waals surface area contributed by atoms with E-state index in [2.05, 4.69) is 0 Å². The van der Waals surface area contributed by atoms with E-state index in [9.17, 15) is 4.39 Å². The Morgan fingerprint density at radius 1 is 1.00 bits per heavy atom. The minimum atomic E-state index is -0.297. The zero-order valence-corrected chi connectivity index (χ0v) is 8.63. The lowest BCUT2D eigenvalue weighted by Crippen LogP contribution is -1.90. The molecule has 0 radical (unpaired) electrons. The maximum absolute atomic E-state index is 13.0. The van der Waals surface area contributed by atoms with E-state index in [0.29, 0.717) is 16.3 Å². The lowest BCUT2D eigenvalue weighted by atomic mass is 10.0. The summed E-state index contributed by atoms with van der Waals surface area (Å²) < 4.78 is 13.0. The van der Waals surface area contributed by atoms with Crippen molar-refractivity contribution in [2.75, 3.05) is 5.73 Å². The van der Waals surface area contributed by atoms with Crippen LogP contribution >= 0.6 is 11.6 Å². The average Bonchev–Trinajstić information content (AvgIpc) is 2.23. The molecule has 0 aliphatic heterocycles. The second-order valence-corrected chi connectivity index (χ2v) is 3.67. The van der Waals surface area contributed by atoms with Crippen LogP contribution in [0.2, 0.25) is 5.02 Å². The first-order valence-electron chi connectivity index (χ1n) is 4.48. The van der Waals surface area contributed by atoms with Crippen molar-refractivity contribution < 1.29 is 4.39 Å². The Labute approximate surface area is 92.3 Å². The number of nitrogen functional groups attached to an aromatic ring is 1. The van der Waals surface area contributed by atoms with Crippen molar-refractivity contribution in [2.24, 2.45) is 0 Å². The van der Waals surface area contributed by atoms with Gasteiger partial charge in [0.2, 0.25) is 0 Å².